The molecule has 0 saturated carbocycles. The summed E-state index contributed by atoms with van der Waals surface area (Å²) in [7, 11) is 5.65. The Labute approximate surface area is 66.3 Å². The van der Waals surface area contributed by atoms with Crippen molar-refractivity contribution in [3.63, 3.8) is 0 Å². The molecule has 0 N–H and O–H groups in total. The van der Waals surface area contributed by atoms with Gasteiger partial charge in [0.2, 0.25) is 0 Å². The predicted molar refractivity (Wildman–Crippen MR) is 45.3 cm³/mol. The number of aromatic nitrogens is 2. The Kier molecular flexibility index (Phi) is 1.25. The van der Waals surface area contributed by atoms with Crippen LogP contribution in [-0.4, -0.2) is 17.2 Å². The van der Waals surface area contributed by atoms with Gasteiger partial charge in [0.25, 0.3) is 0 Å². The molecule has 0 aliphatic heterocycles. The van der Waals surface area contributed by atoms with E-state index in [0.717, 1.165) is 5.65 Å². The topological polar surface area (TPSA) is 17.3 Å². The standard InChI is InChI=1S/C8H7BN2/c1-6-2-3-8-10-4-7(9)11(8)5-6/h2-5H,1H3. The number of fused-ring (bicyclic) bond motifs is 1. The van der Waals surface area contributed by atoms with Crippen LogP contribution in [0.15, 0.2) is 24.5 Å². The number of aryl methyl sites for hydroxylation is 1. The van der Waals surface area contributed by atoms with Crippen LogP contribution < -0.4 is 5.59 Å². The van der Waals surface area contributed by atoms with Gasteiger partial charge in [-0.25, -0.2) is 4.98 Å². The van der Waals surface area contributed by atoms with Gasteiger partial charge in [-0.2, -0.15) is 0 Å². The second kappa shape index (κ2) is 2.12. The van der Waals surface area contributed by atoms with Crippen molar-refractivity contribution in [3.05, 3.63) is 30.1 Å². The molecule has 0 fully saturated rings. The molecule has 0 spiro atoms. The fraction of sp³-hybridized carbons (Fsp3) is 0.125. The first-order valence-corrected chi connectivity index (χ1v) is 3.46. The fourth-order valence-electron chi connectivity index (χ4n) is 1.11. The second-order valence-corrected chi connectivity index (χ2v) is 2.62. The number of pyridine rings is 1. The number of rotatable bonds is 0. The lowest BCUT2D eigenvalue weighted by Gasteiger charge is -1.96. The van der Waals surface area contributed by atoms with Gasteiger partial charge in [0, 0.05) is 12.4 Å². The lowest BCUT2D eigenvalue weighted by Crippen LogP contribution is -2.08. The van der Waals surface area contributed by atoms with Crippen LogP contribution in [0, 0.1) is 6.92 Å². The zero-order valence-corrected chi connectivity index (χ0v) is 6.28. The zero-order chi connectivity index (χ0) is 7.84. The third-order valence-electron chi connectivity index (χ3n) is 1.68. The number of hydrogen-bond donors (Lipinski definition) is 0. The molecule has 52 valence electrons. The summed E-state index contributed by atoms with van der Waals surface area (Å²) >= 11 is 0. The Balaban J connectivity index is 2.87. The highest BCUT2D eigenvalue weighted by Gasteiger charge is 1.95. The minimum absolute atomic E-state index is 0.684. The van der Waals surface area contributed by atoms with E-state index < -0.39 is 0 Å². The minimum Gasteiger partial charge on any atom is -0.314 e. The van der Waals surface area contributed by atoms with E-state index in [-0.39, 0.29) is 0 Å². The first-order valence-electron chi connectivity index (χ1n) is 3.46. The molecule has 0 aromatic carbocycles. The minimum atomic E-state index is 0.684. The molecule has 2 heterocycles. The molecule has 0 aliphatic rings. The second-order valence-electron chi connectivity index (χ2n) is 2.62. The summed E-state index contributed by atoms with van der Waals surface area (Å²) < 4.78 is 1.87. The molecule has 0 saturated heterocycles. The van der Waals surface area contributed by atoms with Gasteiger partial charge >= 0.3 is 0 Å². The molecule has 0 atom stereocenters. The van der Waals surface area contributed by atoms with Crippen LogP contribution in [-0.2, 0) is 0 Å². The van der Waals surface area contributed by atoms with Gasteiger partial charge in [0.05, 0.1) is 0 Å². The fourth-order valence-corrected chi connectivity index (χ4v) is 1.11. The SMILES string of the molecule is [B]c1cnc2ccc(C)cn12. The number of hydrogen-bond acceptors (Lipinski definition) is 1. The largest absolute Gasteiger partial charge is 0.314 e. The van der Waals surface area contributed by atoms with E-state index in [4.69, 9.17) is 7.85 Å². The number of imidazole rings is 1. The van der Waals surface area contributed by atoms with E-state index in [0.29, 0.717) is 5.59 Å². The highest BCUT2D eigenvalue weighted by atomic mass is 15.0. The van der Waals surface area contributed by atoms with Crippen LogP contribution in [0.5, 0.6) is 0 Å². The maximum absolute atomic E-state index is 5.65. The zero-order valence-electron chi connectivity index (χ0n) is 6.28. The Morgan fingerprint density at radius 1 is 1.45 bits per heavy atom. The molecular weight excluding hydrogens is 135 g/mol. The van der Waals surface area contributed by atoms with E-state index in [9.17, 15) is 0 Å². The highest BCUT2D eigenvalue weighted by molar-refractivity contribution is 6.31. The first-order chi connectivity index (χ1) is 5.27. The third-order valence-corrected chi connectivity index (χ3v) is 1.68. The summed E-state index contributed by atoms with van der Waals surface area (Å²) in [4.78, 5) is 4.10. The normalized spacial score (nSPS) is 10.6. The molecular formula is C8H7BN2. The van der Waals surface area contributed by atoms with Crippen molar-refractivity contribution >= 4 is 19.1 Å². The summed E-state index contributed by atoms with van der Waals surface area (Å²) in [6, 6.07) is 3.97. The summed E-state index contributed by atoms with van der Waals surface area (Å²) in [5.74, 6) is 0. The Hall–Kier alpha value is -1.25. The van der Waals surface area contributed by atoms with Crippen molar-refractivity contribution in [1.29, 1.82) is 0 Å². The molecule has 0 unspecified atom stereocenters. The van der Waals surface area contributed by atoms with Crippen molar-refractivity contribution in [1.82, 2.24) is 9.38 Å². The van der Waals surface area contributed by atoms with Gasteiger partial charge < -0.3 is 4.40 Å². The van der Waals surface area contributed by atoms with Crippen LogP contribution in [0.25, 0.3) is 5.65 Å². The van der Waals surface area contributed by atoms with Crippen LogP contribution in [0.3, 0.4) is 0 Å². The first kappa shape index (κ1) is 6.46. The Morgan fingerprint density at radius 3 is 3.09 bits per heavy atom. The van der Waals surface area contributed by atoms with E-state index in [1.54, 1.807) is 6.20 Å². The third kappa shape index (κ3) is 0.927. The highest BCUT2D eigenvalue weighted by Crippen LogP contribution is 2.00. The van der Waals surface area contributed by atoms with Crippen LogP contribution >= 0.6 is 0 Å². The van der Waals surface area contributed by atoms with Gasteiger partial charge in [0.1, 0.15) is 13.5 Å². The number of nitrogens with zero attached hydrogens (tertiary/aromatic N) is 2. The van der Waals surface area contributed by atoms with Crippen molar-refractivity contribution in [2.45, 2.75) is 6.92 Å². The molecule has 0 bridgehead atoms. The van der Waals surface area contributed by atoms with Crippen molar-refractivity contribution in [2.75, 3.05) is 0 Å². The van der Waals surface area contributed by atoms with Gasteiger partial charge in [-0.05, 0) is 24.1 Å². The van der Waals surface area contributed by atoms with E-state index in [1.807, 2.05) is 29.7 Å². The lowest BCUT2D eigenvalue weighted by molar-refractivity contribution is 1.18. The monoisotopic (exact) mass is 142 g/mol. The van der Waals surface area contributed by atoms with Crippen molar-refractivity contribution in [2.24, 2.45) is 0 Å². The maximum atomic E-state index is 5.65. The van der Waals surface area contributed by atoms with Crippen molar-refractivity contribution in [3.8, 4) is 0 Å². The lowest BCUT2D eigenvalue weighted by atomic mass is 10.1. The summed E-state index contributed by atoms with van der Waals surface area (Å²) in [5.41, 5.74) is 2.76. The van der Waals surface area contributed by atoms with E-state index >= 15 is 0 Å². The van der Waals surface area contributed by atoms with Crippen molar-refractivity contribution < 1.29 is 0 Å². The van der Waals surface area contributed by atoms with Crippen LogP contribution in [0.4, 0.5) is 0 Å². The molecule has 0 amide bonds. The molecule has 2 nitrogen and oxygen atoms in total. The molecule has 11 heavy (non-hydrogen) atoms. The average molecular weight is 142 g/mol. The smallest absolute Gasteiger partial charge is 0.141 e. The summed E-state index contributed by atoms with van der Waals surface area (Å²) in [5, 5.41) is 0. The summed E-state index contributed by atoms with van der Waals surface area (Å²) in [6.07, 6.45) is 3.63. The Morgan fingerprint density at radius 2 is 2.27 bits per heavy atom. The van der Waals surface area contributed by atoms with Gasteiger partial charge in [-0.1, -0.05) is 6.07 Å². The predicted octanol–water partition coefficient (Wildman–Crippen LogP) is 0.437. The van der Waals surface area contributed by atoms with Gasteiger partial charge in [-0.15, -0.1) is 0 Å². The molecule has 2 radical (unpaired) electrons. The van der Waals surface area contributed by atoms with Crippen LogP contribution in [0.2, 0.25) is 0 Å². The summed E-state index contributed by atoms with van der Waals surface area (Å²) in [6.45, 7) is 2.03. The van der Waals surface area contributed by atoms with Gasteiger partial charge in [-0.3, -0.25) is 0 Å². The quantitative estimate of drug-likeness (QED) is 0.487. The molecule has 2 aromatic rings. The van der Waals surface area contributed by atoms with Crippen LogP contribution in [0.1, 0.15) is 5.56 Å². The van der Waals surface area contributed by atoms with E-state index in [2.05, 4.69) is 4.98 Å². The van der Waals surface area contributed by atoms with E-state index in [1.165, 1.54) is 5.56 Å². The van der Waals surface area contributed by atoms with Gasteiger partial charge in [0.15, 0.2) is 0 Å². The molecule has 3 heteroatoms. The average Bonchev–Trinajstić information content (AvgIpc) is 2.33. The molecule has 2 rings (SSSR count). The maximum Gasteiger partial charge on any atom is 0.141 e. The Bertz CT molecular complexity index is 392. The molecule has 2 aromatic heterocycles. The molecule has 0 aliphatic carbocycles.